The van der Waals surface area contributed by atoms with Crippen molar-refractivity contribution in [1.29, 1.82) is 0 Å². The fourth-order valence-electron chi connectivity index (χ4n) is 0.250. The molecule has 5 heteroatoms. The number of unbranched alkanes of at least 4 members (excludes halogenated alkanes) is 1. The molecule has 0 bridgehead atoms. The zero-order chi connectivity index (χ0) is 4.12. The van der Waals surface area contributed by atoms with Crippen molar-refractivity contribution >= 4 is 23.9 Å². The molecule has 0 fully saturated rings. The summed E-state index contributed by atoms with van der Waals surface area (Å²) >= 11 is 0. The first-order valence-electron chi connectivity index (χ1n) is 2.21. The van der Waals surface area contributed by atoms with Crippen LogP contribution in [0.1, 0.15) is 19.8 Å². The Bertz CT molecular complexity index is 23.3. The zero-order valence-corrected chi connectivity index (χ0v) is 13.1. The second-order valence-electron chi connectivity index (χ2n) is 1.21. The fourth-order valence-corrected chi connectivity index (χ4v) is 0.250. The summed E-state index contributed by atoms with van der Waals surface area (Å²) in [5.41, 5.74) is 3.68. The molecule has 0 aliphatic heterocycles. The Labute approximate surface area is 106 Å². The van der Waals surface area contributed by atoms with Crippen molar-refractivity contribution in [2.75, 3.05) is 6.54 Å². The minimum absolute atomic E-state index is 0. The molecule has 0 rings (SSSR count). The molecule has 0 aromatic carbocycles. The first kappa shape index (κ1) is 30.3. The summed E-state index contributed by atoms with van der Waals surface area (Å²) in [6.07, 6.45) is 2.56. The van der Waals surface area contributed by atoms with E-state index >= 15 is 0 Å². The maximum atomic E-state index is 3.68. The van der Waals surface area contributed by atoms with Gasteiger partial charge in [-0.05, 0) is 6.42 Å². The van der Waals surface area contributed by atoms with Crippen molar-refractivity contribution < 1.29 is 56.7 Å². The van der Waals surface area contributed by atoms with Crippen LogP contribution in [0.3, 0.4) is 0 Å². The monoisotopic (exact) mass is 431 g/mol. The maximum absolute atomic E-state index is 3.68. The molecule has 0 heterocycles. The number of hydrogen-bond donors (Lipinski definition) is 1. The van der Waals surface area contributed by atoms with E-state index in [1.807, 2.05) is 0 Å². The minimum Gasteiger partial charge on any atom is -1.00 e. The topological polar surface area (TPSA) is 27.6 Å². The average molecular weight is 433 g/mol. The van der Waals surface area contributed by atoms with Crippen molar-refractivity contribution in [3.05, 3.63) is 0 Å². The van der Waals surface area contributed by atoms with Gasteiger partial charge in [0.25, 0.3) is 0 Å². The molecule has 0 saturated carbocycles. The van der Waals surface area contributed by atoms with Gasteiger partial charge in [-0.25, -0.2) is 0 Å². The van der Waals surface area contributed by atoms with E-state index in [0.29, 0.717) is 0 Å². The second kappa shape index (κ2) is 31.9. The molecule has 3 N–H and O–H groups in total. The molecule has 0 aromatic heterocycles. The Morgan fingerprint density at radius 1 is 1.11 bits per heavy atom. The third kappa shape index (κ3) is 38.9. The van der Waals surface area contributed by atoms with Gasteiger partial charge in [0.2, 0.25) is 0 Å². The molecule has 0 aromatic rings. The van der Waals surface area contributed by atoms with Gasteiger partial charge in [0.1, 0.15) is 0 Å². The van der Waals surface area contributed by atoms with Gasteiger partial charge in [-0.1, -0.05) is 13.3 Å². The van der Waals surface area contributed by atoms with E-state index in [0.717, 1.165) is 6.54 Å². The number of halogens is 3. The van der Waals surface area contributed by atoms with Crippen molar-refractivity contribution in [1.82, 2.24) is 0 Å². The van der Waals surface area contributed by atoms with Gasteiger partial charge in [0.15, 0.2) is 0 Å². The summed E-state index contributed by atoms with van der Waals surface area (Å²) in [6, 6.07) is 0. The van der Waals surface area contributed by atoms with Gasteiger partial charge >= 0.3 is 23.9 Å². The van der Waals surface area contributed by atoms with E-state index < -0.39 is 0 Å². The van der Waals surface area contributed by atoms with Gasteiger partial charge in [-0.3, -0.25) is 0 Å². The van der Waals surface area contributed by atoms with E-state index in [2.05, 4.69) is 12.7 Å². The third-order valence-electron chi connectivity index (χ3n) is 0.604. The van der Waals surface area contributed by atoms with Crippen molar-refractivity contribution in [2.24, 2.45) is 0 Å². The molecule has 0 atom stereocenters. The molecule has 0 saturated heterocycles. The van der Waals surface area contributed by atoms with Crippen LogP contribution in [0.4, 0.5) is 0 Å². The first-order valence-corrected chi connectivity index (χ1v) is 2.21. The van der Waals surface area contributed by atoms with E-state index in [9.17, 15) is 0 Å². The van der Waals surface area contributed by atoms with Crippen LogP contribution in [-0.2, 0) is 0 Å². The predicted octanol–water partition coefficient (Wildman–Crippen LogP) is -9.34. The van der Waals surface area contributed by atoms with Crippen molar-refractivity contribution in [3.8, 4) is 0 Å². The Morgan fingerprint density at radius 2 is 1.44 bits per heavy atom. The Balaban J connectivity index is -0.0000000133. The zero-order valence-electron chi connectivity index (χ0n) is 5.46. The first-order chi connectivity index (χ1) is 2.41. The van der Waals surface area contributed by atoms with E-state index in [4.69, 9.17) is 0 Å². The summed E-state index contributed by atoms with van der Waals surface area (Å²) in [7, 11) is 0. The molecular formula is C4H12Br3NSn. The third-order valence-corrected chi connectivity index (χ3v) is 0.604. The Morgan fingerprint density at radius 3 is 1.44 bits per heavy atom. The molecule has 0 unspecified atom stereocenters. The van der Waals surface area contributed by atoms with Gasteiger partial charge in [0, 0.05) is 0 Å². The van der Waals surface area contributed by atoms with E-state index in [1.54, 1.807) is 0 Å². The average Bonchev–Trinajstić information content (AvgIpc) is 1.41. The fraction of sp³-hybridized carbons (Fsp3) is 1.00. The van der Waals surface area contributed by atoms with E-state index in [-0.39, 0.29) is 74.9 Å². The maximum Gasteiger partial charge on any atom is 2.00 e. The Hall–Kier alpha value is 2.20. The SMILES string of the molecule is CCCC[NH3+].[Br-].[Br-].[Br-].[Sn+2]. The molecule has 0 amide bonds. The van der Waals surface area contributed by atoms with Crippen molar-refractivity contribution in [3.63, 3.8) is 0 Å². The summed E-state index contributed by atoms with van der Waals surface area (Å²) in [5.74, 6) is 0. The van der Waals surface area contributed by atoms with Crippen LogP contribution in [0.25, 0.3) is 0 Å². The number of quaternary nitrogens is 1. The van der Waals surface area contributed by atoms with Gasteiger partial charge < -0.3 is 56.7 Å². The predicted molar refractivity (Wildman–Crippen MR) is 28.4 cm³/mol. The number of hydrogen-bond acceptors (Lipinski definition) is 0. The van der Waals surface area contributed by atoms with Crippen LogP contribution >= 0.6 is 0 Å². The van der Waals surface area contributed by atoms with Crippen molar-refractivity contribution in [2.45, 2.75) is 19.8 Å². The summed E-state index contributed by atoms with van der Waals surface area (Å²) in [4.78, 5) is 0. The van der Waals surface area contributed by atoms with Crippen LogP contribution in [0, 0.1) is 0 Å². The van der Waals surface area contributed by atoms with Gasteiger partial charge in [-0.2, -0.15) is 0 Å². The van der Waals surface area contributed by atoms with E-state index in [1.165, 1.54) is 12.8 Å². The normalized spacial score (nSPS) is 4.67. The molecular weight excluding hydrogens is 420 g/mol. The van der Waals surface area contributed by atoms with Crippen LogP contribution in [0.2, 0.25) is 0 Å². The quantitative estimate of drug-likeness (QED) is 0.420. The molecule has 0 aliphatic carbocycles. The Kier molecular flexibility index (Phi) is 108. The summed E-state index contributed by atoms with van der Waals surface area (Å²) in [5, 5.41) is 0. The second-order valence-corrected chi connectivity index (χ2v) is 1.21. The van der Waals surface area contributed by atoms with Crippen LogP contribution in [0.5, 0.6) is 0 Å². The standard InChI is InChI=1S/C4H11N.3BrH.Sn/c1-2-3-4-5;;;;/h2-5H2,1H3;3*1H;/q;;;;+2/p-2. The van der Waals surface area contributed by atoms with Crippen LogP contribution in [0.15, 0.2) is 0 Å². The largest absolute Gasteiger partial charge is 2.00 e. The molecule has 58 valence electrons. The molecule has 2 radical (unpaired) electrons. The molecule has 0 aliphatic rings. The van der Waals surface area contributed by atoms with Gasteiger partial charge in [0.05, 0.1) is 6.54 Å². The summed E-state index contributed by atoms with van der Waals surface area (Å²) < 4.78 is 0. The van der Waals surface area contributed by atoms with Gasteiger partial charge in [-0.15, -0.1) is 0 Å². The summed E-state index contributed by atoms with van der Waals surface area (Å²) in [6.45, 7) is 3.27. The molecule has 0 spiro atoms. The molecule has 9 heavy (non-hydrogen) atoms. The number of rotatable bonds is 2. The van der Waals surface area contributed by atoms with Crippen LogP contribution in [-0.4, -0.2) is 30.5 Å². The minimum atomic E-state index is 0. The van der Waals surface area contributed by atoms with Crippen LogP contribution < -0.4 is 56.7 Å². The molecule has 1 nitrogen and oxygen atoms in total. The smallest absolute Gasteiger partial charge is 1.00 e.